The van der Waals surface area contributed by atoms with Crippen LogP contribution in [0.4, 0.5) is 28.7 Å². The maximum absolute atomic E-state index is 11.9. The number of anilines is 4. The van der Waals surface area contributed by atoms with E-state index in [0.29, 0.717) is 18.9 Å². The van der Waals surface area contributed by atoms with E-state index in [1.807, 2.05) is 79.4 Å². The zero-order valence-electron chi connectivity index (χ0n) is 15.8. The molecular weight excluding hydrogens is 356 g/mol. The fourth-order valence-electron chi connectivity index (χ4n) is 2.91. The first kappa shape index (κ1) is 19.1. The van der Waals surface area contributed by atoms with Gasteiger partial charge in [0.05, 0.1) is 16.3 Å². The molecule has 144 valence electrons. The van der Waals surface area contributed by atoms with Gasteiger partial charge in [0.25, 0.3) is 0 Å². The Kier molecular flexibility index (Phi) is 6.01. The summed E-state index contributed by atoms with van der Waals surface area (Å²) in [7, 11) is 0. The molecule has 1 N–H and O–H groups in total. The monoisotopic (exact) mass is 378 g/mol. The molecule has 0 fully saturated rings. The summed E-state index contributed by atoms with van der Waals surface area (Å²) in [4.78, 5) is 21.6. The summed E-state index contributed by atoms with van der Waals surface area (Å²) >= 11 is 0. The minimum Gasteiger partial charge on any atom is -0.351 e. The van der Waals surface area contributed by atoms with Crippen molar-refractivity contribution in [1.29, 1.82) is 0 Å². The number of hydrogen-bond donors (Lipinski definition) is 1. The lowest BCUT2D eigenvalue weighted by molar-refractivity contribution is -0.383. The number of hydrazine groups is 1. The molecule has 0 aliphatic rings. The molecule has 2 aromatic carbocycles. The molecular formula is C20H22N6O2. The summed E-state index contributed by atoms with van der Waals surface area (Å²) in [5.41, 5.74) is 4.62. The second-order valence-electron chi connectivity index (χ2n) is 5.94. The van der Waals surface area contributed by atoms with Crippen molar-refractivity contribution in [1.82, 2.24) is 9.97 Å². The third kappa shape index (κ3) is 4.01. The zero-order valence-corrected chi connectivity index (χ0v) is 15.8. The van der Waals surface area contributed by atoms with E-state index in [-0.39, 0.29) is 11.5 Å². The van der Waals surface area contributed by atoms with E-state index < -0.39 is 4.92 Å². The highest BCUT2D eigenvalue weighted by atomic mass is 16.6. The second-order valence-corrected chi connectivity index (χ2v) is 5.94. The van der Waals surface area contributed by atoms with Crippen LogP contribution in [0.5, 0.6) is 0 Å². The van der Waals surface area contributed by atoms with Crippen molar-refractivity contribution < 1.29 is 4.92 Å². The average molecular weight is 378 g/mol. The Morgan fingerprint density at radius 2 is 1.46 bits per heavy atom. The third-order valence-electron chi connectivity index (χ3n) is 4.30. The minimum absolute atomic E-state index is 0.134. The average Bonchev–Trinajstić information content (AvgIpc) is 2.74. The number of nitrogens with zero attached hydrogens (tertiary/aromatic N) is 5. The highest BCUT2D eigenvalue weighted by molar-refractivity contribution is 5.75. The van der Waals surface area contributed by atoms with Gasteiger partial charge in [-0.2, -0.15) is 0 Å². The van der Waals surface area contributed by atoms with Crippen molar-refractivity contribution in [2.24, 2.45) is 0 Å². The van der Waals surface area contributed by atoms with Crippen LogP contribution in [0.1, 0.15) is 13.8 Å². The quantitative estimate of drug-likeness (QED) is 0.459. The van der Waals surface area contributed by atoms with E-state index in [1.165, 1.54) is 6.33 Å². The summed E-state index contributed by atoms with van der Waals surface area (Å²) in [5.74, 6) is 0.433. The first-order valence-corrected chi connectivity index (χ1v) is 9.06. The highest BCUT2D eigenvalue weighted by Crippen LogP contribution is 2.34. The van der Waals surface area contributed by atoms with Gasteiger partial charge in [0.2, 0.25) is 11.6 Å². The van der Waals surface area contributed by atoms with E-state index in [0.717, 1.165) is 11.4 Å². The van der Waals surface area contributed by atoms with Crippen molar-refractivity contribution in [3.8, 4) is 0 Å². The van der Waals surface area contributed by atoms with Crippen LogP contribution in [0.2, 0.25) is 0 Å². The highest BCUT2D eigenvalue weighted by Gasteiger charge is 2.27. The van der Waals surface area contributed by atoms with Gasteiger partial charge in [-0.15, -0.1) is 0 Å². The summed E-state index contributed by atoms with van der Waals surface area (Å²) in [5, 5.41) is 13.6. The number of nitro groups is 1. The standard InChI is InChI=1S/C20H22N6O2/c1-3-24(4-2)20-18(26(27)28)19(21-15-22-20)23-25(16-11-7-5-8-12-16)17-13-9-6-10-14-17/h5-15H,3-4H2,1-2H3,(H,21,22,23). The van der Waals surface area contributed by atoms with Crippen molar-refractivity contribution >= 4 is 28.7 Å². The third-order valence-corrected chi connectivity index (χ3v) is 4.30. The lowest BCUT2D eigenvalue weighted by atomic mass is 10.2. The van der Waals surface area contributed by atoms with Gasteiger partial charge >= 0.3 is 5.69 Å². The lowest BCUT2D eigenvalue weighted by Crippen LogP contribution is -2.28. The van der Waals surface area contributed by atoms with Gasteiger partial charge < -0.3 is 4.90 Å². The molecule has 0 aliphatic carbocycles. The largest absolute Gasteiger partial charge is 0.355 e. The zero-order chi connectivity index (χ0) is 19.9. The molecule has 0 radical (unpaired) electrons. The molecule has 0 spiro atoms. The first-order chi connectivity index (χ1) is 13.7. The van der Waals surface area contributed by atoms with Gasteiger partial charge in [-0.1, -0.05) is 36.4 Å². The van der Waals surface area contributed by atoms with Gasteiger partial charge in [-0.05, 0) is 38.1 Å². The Labute approximate surface area is 163 Å². The predicted molar refractivity (Wildman–Crippen MR) is 111 cm³/mol. The lowest BCUT2D eigenvalue weighted by Gasteiger charge is -2.26. The summed E-state index contributed by atoms with van der Waals surface area (Å²) in [6.07, 6.45) is 1.34. The smallest absolute Gasteiger partial charge is 0.351 e. The van der Waals surface area contributed by atoms with Crippen LogP contribution < -0.4 is 15.3 Å². The molecule has 0 saturated heterocycles. The molecule has 0 bridgehead atoms. The molecule has 8 heteroatoms. The summed E-state index contributed by atoms with van der Waals surface area (Å²) in [6.45, 7) is 5.08. The van der Waals surface area contributed by atoms with Crippen LogP contribution in [0.15, 0.2) is 67.0 Å². The predicted octanol–water partition coefficient (Wildman–Crippen LogP) is 4.40. The van der Waals surface area contributed by atoms with Crippen molar-refractivity contribution in [3.05, 3.63) is 77.1 Å². The van der Waals surface area contributed by atoms with Gasteiger partial charge in [-0.3, -0.25) is 20.5 Å². The van der Waals surface area contributed by atoms with E-state index >= 15 is 0 Å². The van der Waals surface area contributed by atoms with Crippen molar-refractivity contribution in [2.75, 3.05) is 28.4 Å². The van der Waals surface area contributed by atoms with Crippen molar-refractivity contribution in [2.45, 2.75) is 13.8 Å². The molecule has 1 aromatic heterocycles. The molecule has 28 heavy (non-hydrogen) atoms. The topological polar surface area (TPSA) is 87.4 Å². The number of aromatic nitrogens is 2. The van der Waals surface area contributed by atoms with Crippen molar-refractivity contribution in [3.63, 3.8) is 0 Å². The number of benzene rings is 2. The SMILES string of the molecule is CCN(CC)c1ncnc(NN(c2ccccc2)c2ccccc2)c1[N+](=O)[O-]. The van der Waals surface area contributed by atoms with E-state index in [4.69, 9.17) is 0 Å². The Morgan fingerprint density at radius 3 is 1.93 bits per heavy atom. The first-order valence-electron chi connectivity index (χ1n) is 9.06. The summed E-state index contributed by atoms with van der Waals surface area (Å²) < 4.78 is 0. The number of hydrogen-bond acceptors (Lipinski definition) is 7. The molecule has 3 aromatic rings. The maximum Gasteiger partial charge on any atom is 0.355 e. The van der Waals surface area contributed by atoms with Crippen LogP contribution >= 0.6 is 0 Å². The van der Waals surface area contributed by atoms with Crippen LogP contribution in [0.3, 0.4) is 0 Å². The van der Waals surface area contributed by atoms with Crippen LogP contribution in [0.25, 0.3) is 0 Å². The fraction of sp³-hybridized carbons (Fsp3) is 0.200. The number of nitrogens with one attached hydrogen (secondary N) is 1. The molecule has 0 unspecified atom stereocenters. The molecule has 0 aliphatic heterocycles. The Balaban J connectivity index is 2.09. The van der Waals surface area contributed by atoms with Crippen LogP contribution in [0, 0.1) is 10.1 Å². The van der Waals surface area contributed by atoms with Gasteiger partial charge in [0, 0.05) is 13.1 Å². The Morgan fingerprint density at radius 1 is 0.929 bits per heavy atom. The maximum atomic E-state index is 11.9. The molecule has 0 atom stereocenters. The molecule has 1 heterocycles. The van der Waals surface area contributed by atoms with Gasteiger partial charge in [0.1, 0.15) is 6.33 Å². The second kappa shape index (κ2) is 8.81. The normalized spacial score (nSPS) is 10.4. The van der Waals surface area contributed by atoms with Gasteiger partial charge in [0.15, 0.2) is 0 Å². The fourth-order valence-corrected chi connectivity index (χ4v) is 2.91. The Hall–Kier alpha value is -3.68. The van der Waals surface area contributed by atoms with Crippen LogP contribution in [-0.2, 0) is 0 Å². The Bertz CT molecular complexity index is 877. The molecule has 0 amide bonds. The molecule has 0 saturated carbocycles. The number of para-hydroxylation sites is 2. The number of rotatable bonds is 8. The van der Waals surface area contributed by atoms with E-state index in [9.17, 15) is 10.1 Å². The minimum atomic E-state index is -0.440. The van der Waals surface area contributed by atoms with E-state index in [2.05, 4.69) is 15.4 Å². The molecule has 8 nitrogen and oxygen atoms in total. The van der Waals surface area contributed by atoms with Gasteiger partial charge in [-0.25, -0.2) is 9.97 Å². The molecule has 3 rings (SSSR count). The van der Waals surface area contributed by atoms with Crippen LogP contribution in [-0.4, -0.2) is 28.0 Å². The summed E-state index contributed by atoms with van der Waals surface area (Å²) in [6, 6.07) is 19.1. The van der Waals surface area contributed by atoms with E-state index in [1.54, 1.807) is 5.01 Å².